The predicted octanol–water partition coefficient (Wildman–Crippen LogP) is 1.65. The fourth-order valence-corrected chi connectivity index (χ4v) is 1.86. The van der Waals surface area contributed by atoms with Crippen molar-refractivity contribution in [2.24, 2.45) is 11.7 Å². The Morgan fingerprint density at radius 2 is 2.27 bits per heavy atom. The van der Waals surface area contributed by atoms with Crippen molar-refractivity contribution < 1.29 is 9.13 Å². The van der Waals surface area contributed by atoms with Crippen molar-refractivity contribution in [1.29, 1.82) is 0 Å². The van der Waals surface area contributed by atoms with E-state index in [0.717, 1.165) is 12.8 Å². The second kappa shape index (κ2) is 4.24. The van der Waals surface area contributed by atoms with Crippen molar-refractivity contribution in [3.8, 4) is 0 Å². The van der Waals surface area contributed by atoms with Gasteiger partial charge in [0.1, 0.15) is 5.82 Å². The van der Waals surface area contributed by atoms with Crippen LogP contribution in [-0.2, 0) is 4.74 Å². The van der Waals surface area contributed by atoms with Crippen molar-refractivity contribution in [3.05, 3.63) is 29.8 Å². The zero-order chi connectivity index (χ0) is 10.8. The Balaban J connectivity index is 2.14. The molecule has 1 aromatic heterocycles. The molecule has 0 bridgehead atoms. The Morgan fingerprint density at radius 1 is 1.53 bits per heavy atom. The van der Waals surface area contributed by atoms with Crippen molar-refractivity contribution in [2.45, 2.75) is 25.0 Å². The van der Waals surface area contributed by atoms with Crippen LogP contribution in [0.5, 0.6) is 0 Å². The number of nitrogens with two attached hydrogens (primary N) is 1. The molecular formula is C11H15FN2O. The molecule has 2 N–H and O–H groups in total. The summed E-state index contributed by atoms with van der Waals surface area (Å²) in [4.78, 5) is 3.79. The van der Waals surface area contributed by atoms with Gasteiger partial charge in [0.15, 0.2) is 0 Å². The van der Waals surface area contributed by atoms with Crippen LogP contribution in [0.15, 0.2) is 18.5 Å². The van der Waals surface area contributed by atoms with Gasteiger partial charge in [0.05, 0.1) is 18.3 Å². The summed E-state index contributed by atoms with van der Waals surface area (Å²) in [6.07, 6.45) is 5.05. The molecule has 1 aliphatic carbocycles. The summed E-state index contributed by atoms with van der Waals surface area (Å²) >= 11 is 0. The van der Waals surface area contributed by atoms with Gasteiger partial charge in [-0.3, -0.25) is 4.98 Å². The molecule has 1 saturated carbocycles. The molecule has 1 heterocycles. The minimum absolute atomic E-state index is 0.0198. The van der Waals surface area contributed by atoms with Crippen LogP contribution >= 0.6 is 0 Å². The second-order valence-corrected chi connectivity index (χ2v) is 4.00. The number of nitrogens with zero attached hydrogens (tertiary/aromatic N) is 1. The number of halogens is 1. The lowest BCUT2D eigenvalue weighted by Gasteiger charge is -2.22. The molecule has 2 unspecified atom stereocenters. The topological polar surface area (TPSA) is 48.1 Å². The molecule has 0 saturated heterocycles. The van der Waals surface area contributed by atoms with Crippen molar-refractivity contribution >= 4 is 0 Å². The van der Waals surface area contributed by atoms with E-state index in [0.29, 0.717) is 11.5 Å². The molecule has 1 aromatic rings. The summed E-state index contributed by atoms with van der Waals surface area (Å²) in [6.45, 7) is 0. The molecule has 2 rings (SSSR count). The molecule has 0 radical (unpaired) electrons. The number of hydrogen-bond acceptors (Lipinski definition) is 3. The predicted molar refractivity (Wildman–Crippen MR) is 54.6 cm³/mol. The standard InChI is InChI=1S/C11H15FN2O/c1-15-11(7-2-3-7)10(13)8-4-9(12)6-14-5-8/h4-7,10-11H,2-3,13H2,1H3. The molecule has 0 amide bonds. The average Bonchev–Trinajstić information content (AvgIpc) is 3.03. The van der Waals surface area contributed by atoms with E-state index in [1.54, 1.807) is 13.3 Å². The summed E-state index contributed by atoms with van der Waals surface area (Å²) in [7, 11) is 1.65. The number of hydrogen-bond donors (Lipinski definition) is 1. The van der Waals surface area contributed by atoms with E-state index in [2.05, 4.69) is 4.98 Å². The van der Waals surface area contributed by atoms with Crippen LogP contribution in [0.4, 0.5) is 4.39 Å². The Bertz CT molecular complexity index is 341. The van der Waals surface area contributed by atoms with E-state index in [-0.39, 0.29) is 18.0 Å². The molecule has 1 aliphatic rings. The van der Waals surface area contributed by atoms with Gasteiger partial charge in [0.2, 0.25) is 0 Å². The van der Waals surface area contributed by atoms with Crippen LogP contribution in [0.2, 0.25) is 0 Å². The number of methoxy groups -OCH3 is 1. The Kier molecular flexibility index (Phi) is 2.98. The Morgan fingerprint density at radius 3 is 2.80 bits per heavy atom. The summed E-state index contributed by atoms with van der Waals surface area (Å²) in [5.74, 6) is 0.168. The van der Waals surface area contributed by atoms with E-state index in [1.165, 1.54) is 12.3 Å². The molecule has 4 heteroatoms. The lowest BCUT2D eigenvalue weighted by molar-refractivity contribution is 0.0622. The van der Waals surface area contributed by atoms with E-state index in [4.69, 9.17) is 10.5 Å². The zero-order valence-electron chi connectivity index (χ0n) is 8.69. The van der Waals surface area contributed by atoms with Crippen LogP contribution < -0.4 is 5.73 Å². The van der Waals surface area contributed by atoms with Crippen molar-refractivity contribution in [2.75, 3.05) is 7.11 Å². The first-order valence-corrected chi connectivity index (χ1v) is 5.11. The van der Waals surface area contributed by atoms with E-state index < -0.39 is 0 Å². The number of ether oxygens (including phenoxy) is 1. The lowest BCUT2D eigenvalue weighted by Crippen LogP contribution is -2.30. The number of pyridine rings is 1. The molecule has 0 aromatic carbocycles. The molecule has 3 nitrogen and oxygen atoms in total. The monoisotopic (exact) mass is 210 g/mol. The van der Waals surface area contributed by atoms with Gasteiger partial charge in [-0.2, -0.15) is 0 Å². The highest BCUT2D eigenvalue weighted by molar-refractivity contribution is 5.17. The van der Waals surface area contributed by atoms with E-state index in [1.807, 2.05) is 0 Å². The fourth-order valence-electron chi connectivity index (χ4n) is 1.86. The quantitative estimate of drug-likeness (QED) is 0.822. The van der Waals surface area contributed by atoms with Crippen LogP contribution in [0.1, 0.15) is 24.4 Å². The molecule has 82 valence electrons. The highest BCUT2D eigenvalue weighted by Crippen LogP contribution is 2.38. The molecule has 0 aliphatic heterocycles. The van der Waals surface area contributed by atoms with Gasteiger partial charge in [0, 0.05) is 13.3 Å². The maximum Gasteiger partial charge on any atom is 0.141 e. The van der Waals surface area contributed by atoms with Crippen molar-refractivity contribution in [3.63, 3.8) is 0 Å². The van der Waals surface area contributed by atoms with Crippen LogP contribution in [0, 0.1) is 11.7 Å². The van der Waals surface area contributed by atoms with Gasteiger partial charge in [-0.1, -0.05) is 0 Å². The summed E-state index contributed by atoms with van der Waals surface area (Å²) in [5.41, 5.74) is 6.73. The lowest BCUT2D eigenvalue weighted by atomic mass is 10.0. The van der Waals surface area contributed by atoms with Crippen LogP contribution in [-0.4, -0.2) is 18.2 Å². The third kappa shape index (κ3) is 2.33. The largest absolute Gasteiger partial charge is 0.379 e. The van der Waals surface area contributed by atoms with Gasteiger partial charge in [-0.25, -0.2) is 4.39 Å². The highest BCUT2D eigenvalue weighted by Gasteiger charge is 2.36. The second-order valence-electron chi connectivity index (χ2n) is 4.00. The van der Waals surface area contributed by atoms with Gasteiger partial charge < -0.3 is 10.5 Å². The van der Waals surface area contributed by atoms with Gasteiger partial charge in [0.25, 0.3) is 0 Å². The minimum Gasteiger partial charge on any atom is -0.379 e. The first-order valence-electron chi connectivity index (χ1n) is 5.11. The summed E-state index contributed by atoms with van der Waals surface area (Å²) < 4.78 is 18.3. The molecular weight excluding hydrogens is 195 g/mol. The van der Waals surface area contributed by atoms with Crippen molar-refractivity contribution in [1.82, 2.24) is 4.98 Å². The number of aromatic nitrogens is 1. The molecule has 15 heavy (non-hydrogen) atoms. The summed E-state index contributed by atoms with van der Waals surface area (Å²) in [6, 6.07) is 1.14. The molecule has 0 spiro atoms. The van der Waals surface area contributed by atoms with Crippen LogP contribution in [0.3, 0.4) is 0 Å². The maximum atomic E-state index is 13.0. The SMILES string of the molecule is COC(C1CC1)C(N)c1cncc(F)c1. The fraction of sp³-hybridized carbons (Fsp3) is 0.545. The van der Waals surface area contributed by atoms with E-state index in [9.17, 15) is 4.39 Å². The Labute approximate surface area is 88.5 Å². The Hall–Kier alpha value is -1.00. The third-order valence-electron chi connectivity index (χ3n) is 2.82. The first kappa shape index (κ1) is 10.5. The maximum absolute atomic E-state index is 13.0. The van der Waals surface area contributed by atoms with E-state index >= 15 is 0 Å². The summed E-state index contributed by atoms with van der Waals surface area (Å²) in [5, 5.41) is 0. The van der Waals surface area contributed by atoms with Gasteiger partial charge >= 0.3 is 0 Å². The molecule has 2 atom stereocenters. The third-order valence-corrected chi connectivity index (χ3v) is 2.82. The normalized spacial score (nSPS) is 19.9. The van der Waals surface area contributed by atoms with Gasteiger partial charge in [-0.05, 0) is 30.4 Å². The smallest absolute Gasteiger partial charge is 0.141 e. The van der Waals surface area contributed by atoms with Gasteiger partial charge in [-0.15, -0.1) is 0 Å². The zero-order valence-corrected chi connectivity index (χ0v) is 8.69. The minimum atomic E-state index is -0.353. The average molecular weight is 210 g/mol. The number of rotatable bonds is 4. The van der Waals surface area contributed by atoms with Crippen LogP contribution in [0.25, 0.3) is 0 Å². The highest BCUT2D eigenvalue weighted by atomic mass is 19.1. The first-order chi connectivity index (χ1) is 7.22. The molecule has 1 fully saturated rings.